The lowest BCUT2D eigenvalue weighted by molar-refractivity contribution is -0.130. The summed E-state index contributed by atoms with van der Waals surface area (Å²) in [6.07, 6.45) is 3.36. The zero-order chi connectivity index (χ0) is 18.4. The maximum atomic E-state index is 12.1. The monoisotopic (exact) mass is 367 g/mol. The first-order chi connectivity index (χ1) is 11.8. The number of para-hydroxylation sites is 1. The molecular weight excluding hydrogens is 342 g/mol. The topological polar surface area (TPSA) is 86.8 Å². The van der Waals surface area contributed by atoms with Crippen LogP contribution < -0.4 is 9.62 Å². The summed E-state index contributed by atoms with van der Waals surface area (Å²) in [5.74, 6) is -0.403. The molecule has 0 unspecified atom stereocenters. The minimum Gasteiger partial charge on any atom is -0.354 e. The molecule has 0 bridgehead atoms. The van der Waals surface area contributed by atoms with Crippen LogP contribution in [0.25, 0.3) is 0 Å². The molecule has 8 heteroatoms. The number of carbonyl (C=O) groups excluding carboxylic acids is 2. The van der Waals surface area contributed by atoms with E-state index >= 15 is 0 Å². The van der Waals surface area contributed by atoms with Gasteiger partial charge >= 0.3 is 0 Å². The Bertz CT molecular complexity index is 727. The normalized spacial score (nSPS) is 14.4. The molecule has 0 atom stereocenters. The number of anilines is 1. The van der Waals surface area contributed by atoms with E-state index in [1.54, 1.807) is 30.0 Å². The number of rotatable bonds is 7. The van der Waals surface area contributed by atoms with Crippen molar-refractivity contribution in [2.45, 2.75) is 26.2 Å². The molecular formula is C17H25N3O4S. The molecule has 1 fully saturated rings. The number of benzene rings is 1. The fraction of sp³-hybridized carbons (Fsp3) is 0.529. The molecule has 1 aromatic carbocycles. The Labute approximate surface area is 149 Å². The molecule has 1 aliphatic rings. The number of hydrogen-bond acceptors (Lipinski definition) is 4. The van der Waals surface area contributed by atoms with Gasteiger partial charge in [-0.3, -0.25) is 13.9 Å². The third-order valence-electron chi connectivity index (χ3n) is 4.19. The van der Waals surface area contributed by atoms with Crippen LogP contribution >= 0.6 is 0 Å². The molecule has 1 aliphatic heterocycles. The fourth-order valence-corrected chi connectivity index (χ4v) is 3.76. The molecule has 7 nitrogen and oxygen atoms in total. The van der Waals surface area contributed by atoms with Gasteiger partial charge in [0.1, 0.15) is 6.54 Å². The molecule has 1 saturated heterocycles. The molecule has 1 aromatic rings. The molecule has 2 amide bonds. The molecule has 0 spiro atoms. The van der Waals surface area contributed by atoms with Gasteiger partial charge in [0, 0.05) is 26.1 Å². The second-order valence-electron chi connectivity index (χ2n) is 6.24. The molecule has 25 heavy (non-hydrogen) atoms. The summed E-state index contributed by atoms with van der Waals surface area (Å²) in [7, 11) is -3.59. The van der Waals surface area contributed by atoms with Crippen molar-refractivity contribution in [1.29, 1.82) is 0 Å². The zero-order valence-corrected chi connectivity index (χ0v) is 15.5. The second kappa shape index (κ2) is 8.33. The van der Waals surface area contributed by atoms with Crippen LogP contribution in [-0.2, 0) is 19.6 Å². The maximum absolute atomic E-state index is 12.1. The molecule has 0 radical (unpaired) electrons. The van der Waals surface area contributed by atoms with Crippen LogP contribution in [0.3, 0.4) is 0 Å². The van der Waals surface area contributed by atoms with Crippen LogP contribution in [0.1, 0.15) is 24.8 Å². The number of amides is 2. The Morgan fingerprint density at radius 1 is 1.20 bits per heavy atom. The summed E-state index contributed by atoms with van der Waals surface area (Å²) in [5.41, 5.74) is 1.25. The lowest BCUT2D eigenvalue weighted by atomic mass is 10.2. The molecule has 0 aromatic heterocycles. The largest absolute Gasteiger partial charge is 0.354 e. The van der Waals surface area contributed by atoms with Gasteiger partial charge in [-0.25, -0.2) is 8.42 Å². The van der Waals surface area contributed by atoms with Crippen molar-refractivity contribution in [2.24, 2.45) is 0 Å². The minimum absolute atomic E-state index is 0.0247. The highest BCUT2D eigenvalue weighted by atomic mass is 32.2. The highest BCUT2D eigenvalue weighted by Gasteiger charge is 2.22. The van der Waals surface area contributed by atoms with Crippen molar-refractivity contribution in [2.75, 3.05) is 36.7 Å². The zero-order valence-electron chi connectivity index (χ0n) is 14.7. The Morgan fingerprint density at radius 2 is 1.84 bits per heavy atom. The number of hydrogen-bond donors (Lipinski definition) is 1. The average Bonchev–Trinajstić information content (AvgIpc) is 3.07. The number of sulfonamides is 1. The number of nitrogens with one attached hydrogen (secondary N) is 1. The van der Waals surface area contributed by atoms with E-state index in [0.29, 0.717) is 5.69 Å². The van der Waals surface area contributed by atoms with Crippen LogP contribution in [0.2, 0.25) is 0 Å². The van der Waals surface area contributed by atoms with Crippen LogP contribution in [0.5, 0.6) is 0 Å². The van der Waals surface area contributed by atoms with Crippen molar-refractivity contribution in [3.8, 4) is 0 Å². The second-order valence-corrected chi connectivity index (χ2v) is 8.15. The summed E-state index contributed by atoms with van der Waals surface area (Å²) in [6, 6.07) is 7.00. The van der Waals surface area contributed by atoms with Crippen molar-refractivity contribution in [3.63, 3.8) is 0 Å². The van der Waals surface area contributed by atoms with Gasteiger partial charge in [0.25, 0.3) is 0 Å². The summed E-state index contributed by atoms with van der Waals surface area (Å²) in [5, 5.41) is 2.64. The van der Waals surface area contributed by atoms with E-state index in [9.17, 15) is 18.0 Å². The van der Waals surface area contributed by atoms with Gasteiger partial charge in [-0.2, -0.15) is 0 Å². The quantitative estimate of drug-likeness (QED) is 0.775. The number of likely N-dealkylation sites (tertiary alicyclic amines) is 1. The smallest absolute Gasteiger partial charge is 0.240 e. The Balaban J connectivity index is 1.92. The summed E-state index contributed by atoms with van der Waals surface area (Å²) in [6.45, 7) is 3.26. The van der Waals surface area contributed by atoms with E-state index < -0.39 is 15.9 Å². The SMILES string of the molecule is Cc1ccccc1N(CC(=O)NCCC(=O)N1CCCC1)S(C)(=O)=O. The van der Waals surface area contributed by atoms with E-state index in [1.165, 1.54) is 0 Å². The maximum Gasteiger partial charge on any atom is 0.240 e. The third kappa shape index (κ3) is 5.45. The highest BCUT2D eigenvalue weighted by Crippen LogP contribution is 2.21. The van der Waals surface area contributed by atoms with Crippen LogP contribution in [0.15, 0.2) is 24.3 Å². The van der Waals surface area contributed by atoms with E-state index in [4.69, 9.17) is 0 Å². The van der Waals surface area contributed by atoms with Crippen molar-refractivity contribution < 1.29 is 18.0 Å². The lowest BCUT2D eigenvalue weighted by Gasteiger charge is -2.23. The first-order valence-electron chi connectivity index (χ1n) is 8.37. The van der Waals surface area contributed by atoms with Crippen LogP contribution in [0, 0.1) is 6.92 Å². The predicted octanol–water partition coefficient (Wildman–Crippen LogP) is 0.890. The molecule has 1 N–H and O–H groups in total. The van der Waals surface area contributed by atoms with E-state index in [0.717, 1.165) is 42.1 Å². The van der Waals surface area contributed by atoms with Crippen molar-refractivity contribution in [3.05, 3.63) is 29.8 Å². The molecule has 1 heterocycles. The number of carbonyl (C=O) groups is 2. The van der Waals surface area contributed by atoms with Gasteiger partial charge in [-0.05, 0) is 31.4 Å². The molecule has 138 valence electrons. The van der Waals surface area contributed by atoms with Crippen molar-refractivity contribution >= 4 is 27.5 Å². The number of nitrogens with zero attached hydrogens (tertiary/aromatic N) is 2. The molecule has 0 saturated carbocycles. The van der Waals surface area contributed by atoms with Gasteiger partial charge in [-0.15, -0.1) is 0 Å². The van der Waals surface area contributed by atoms with Crippen molar-refractivity contribution in [1.82, 2.24) is 10.2 Å². The Morgan fingerprint density at radius 3 is 2.44 bits per heavy atom. The van der Waals surface area contributed by atoms with Crippen LogP contribution in [-0.4, -0.2) is 57.6 Å². The standard InChI is InChI=1S/C17H25N3O4S/c1-14-7-3-4-8-15(14)20(25(2,23)24)13-16(21)18-10-9-17(22)19-11-5-6-12-19/h3-4,7-8H,5-6,9-13H2,1-2H3,(H,18,21). The Kier molecular flexibility index (Phi) is 6.41. The van der Waals surface area contributed by atoms with E-state index in [2.05, 4.69) is 5.32 Å². The fourth-order valence-electron chi connectivity index (χ4n) is 2.84. The van der Waals surface area contributed by atoms with E-state index in [1.807, 2.05) is 6.07 Å². The summed E-state index contributed by atoms with van der Waals surface area (Å²) in [4.78, 5) is 25.9. The lowest BCUT2D eigenvalue weighted by Crippen LogP contribution is -2.41. The van der Waals surface area contributed by atoms with Gasteiger partial charge < -0.3 is 10.2 Å². The molecule has 2 rings (SSSR count). The van der Waals surface area contributed by atoms with Gasteiger partial charge in [0.15, 0.2) is 0 Å². The average molecular weight is 367 g/mol. The van der Waals surface area contributed by atoms with Gasteiger partial charge in [0.05, 0.1) is 11.9 Å². The first kappa shape index (κ1) is 19.2. The number of aryl methyl sites for hydroxylation is 1. The Hall–Kier alpha value is -2.09. The predicted molar refractivity (Wildman–Crippen MR) is 96.8 cm³/mol. The first-order valence-corrected chi connectivity index (χ1v) is 10.2. The van der Waals surface area contributed by atoms with Gasteiger partial charge in [0.2, 0.25) is 21.8 Å². The summed E-state index contributed by atoms with van der Waals surface area (Å²) >= 11 is 0. The molecule has 0 aliphatic carbocycles. The van der Waals surface area contributed by atoms with Gasteiger partial charge in [-0.1, -0.05) is 18.2 Å². The minimum atomic E-state index is -3.59. The highest BCUT2D eigenvalue weighted by molar-refractivity contribution is 7.92. The van der Waals surface area contributed by atoms with Crippen LogP contribution in [0.4, 0.5) is 5.69 Å². The van der Waals surface area contributed by atoms with E-state index in [-0.39, 0.29) is 25.4 Å². The summed E-state index contributed by atoms with van der Waals surface area (Å²) < 4.78 is 25.2. The third-order valence-corrected chi connectivity index (χ3v) is 5.32.